The topological polar surface area (TPSA) is 66.6 Å². The molecule has 1 atom stereocenters. The van der Waals surface area contributed by atoms with Gasteiger partial charge in [0.25, 0.3) is 5.69 Å². The Morgan fingerprint density at radius 2 is 1.89 bits per heavy atom. The molecule has 4 rings (SSSR count). The van der Waals surface area contributed by atoms with E-state index < -0.39 is 4.92 Å². The third-order valence-corrected chi connectivity index (χ3v) is 5.52. The average molecular weight is 395 g/mol. The zero-order chi connectivity index (χ0) is 19.8. The maximum atomic E-state index is 11.3. The first-order chi connectivity index (χ1) is 13.5. The number of hydrogen-bond donors (Lipinski definition) is 1. The van der Waals surface area contributed by atoms with E-state index in [-0.39, 0.29) is 17.5 Å². The largest absolute Gasteiger partial charge is 0.508 e. The van der Waals surface area contributed by atoms with Gasteiger partial charge in [-0.15, -0.1) is 0 Å². The van der Waals surface area contributed by atoms with Gasteiger partial charge in [0.15, 0.2) is 0 Å². The van der Waals surface area contributed by atoms with E-state index >= 15 is 0 Å². The van der Waals surface area contributed by atoms with Gasteiger partial charge in [0.1, 0.15) is 5.75 Å². The van der Waals surface area contributed by atoms with Gasteiger partial charge in [-0.1, -0.05) is 35.9 Å². The molecule has 6 heteroatoms. The Hall–Kier alpha value is -3.05. The first kappa shape index (κ1) is 18.3. The van der Waals surface area contributed by atoms with Gasteiger partial charge in [-0.2, -0.15) is 0 Å². The van der Waals surface area contributed by atoms with Gasteiger partial charge in [-0.25, -0.2) is 0 Å². The Morgan fingerprint density at radius 1 is 1.11 bits per heavy atom. The minimum absolute atomic E-state index is 0.0399. The van der Waals surface area contributed by atoms with Crippen LogP contribution in [0.4, 0.5) is 11.4 Å². The smallest absolute Gasteiger partial charge is 0.270 e. The van der Waals surface area contributed by atoms with Crippen molar-refractivity contribution in [2.24, 2.45) is 0 Å². The number of non-ortho nitro benzene ring substituents is 1. The number of benzene rings is 3. The number of anilines is 1. The van der Waals surface area contributed by atoms with E-state index in [1.807, 2.05) is 49.4 Å². The second kappa shape index (κ2) is 7.17. The van der Waals surface area contributed by atoms with E-state index in [4.69, 9.17) is 11.6 Å². The molecule has 3 aromatic carbocycles. The molecular formula is C22H19ClN2O3. The molecule has 0 radical (unpaired) electrons. The van der Waals surface area contributed by atoms with E-state index in [0.29, 0.717) is 10.6 Å². The van der Waals surface area contributed by atoms with Crippen LogP contribution in [0.1, 0.15) is 28.3 Å². The standard InChI is InChI=1S/C22H19ClN2O3/c1-14-4-2-3-5-18(14)22(19-13-17(25(27)28)7-9-21(19)26)24-11-10-15-12-16(23)6-8-20(15)24/h2-9,12-13,22,26H,10-11H2,1H3. The lowest BCUT2D eigenvalue weighted by Crippen LogP contribution is -2.28. The molecule has 1 heterocycles. The van der Waals surface area contributed by atoms with Crippen molar-refractivity contribution in [2.75, 3.05) is 11.4 Å². The molecule has 0 bridgehead atoms. The van der Waals surface area contributed by atoms with Crippen molar-refractivity contribution >= 4 is 23.0 Å². The summed E-state index contributed by atoms with van der Waals surface area (Å²) in [4.78, 5) is 13.1. The molecule has 1 unspecified atom stereocenters. The molecule has 1 N–H and O–H groups in total. The Kier molecular flexibility index (Phi) is 4.69. The lowest BCUT2D eigenvalue weighted by molar-refractivity contribution is -0.384. The number of fused-ring (bicyclic) bond motifs is 1. The molecule has 5 nitrogen and oxygen atoms in total. The van der Waals surface area contributed by atoms with Crippen molar-refractivity contribution in [1.29, 1.82) is 0 Å². The molecule has 0 fully saturated rings. The Balaban J connectivity index is 1.92. The number of aryl methyl sites for hydroxylation is 1. The van der Waals surface area contributed by atoms with Gasteiger partial charge >= 0.3 is 0 Å². The molecule has 0 aromatic heterocycles. The van der Waals surface area contributed by atoms with E-state index in [0.717, 1.165) is 35.3 Å². The molecule has 0 amide bonds. The Labute approximate surface area is 168 Å². The molecule has 0 spiro atoms. The number of aromatic hydroxyl groups is 1. The lowest BCUT2D eigenvalue weighted by atomic mass is 9.92. The molecular weight excluding hydrogens is 376 g/mol. The number of nitro benzene ring substituents is 1. The predicted molar refractivity (Wildman–Crippen MR) is 110 cm³/mol. The highest BCUT2D eigenvalue weighted by Gasteiger charge is 2.32. The Morgan fingerprint density at radius 3 is 2.64 bits per heavy atom. The summed E-state index contributed by atoms with van der Waals surface area (Å²) in [7, 11) is 0. The summed E-state index contributed by atoms with van der Waals surface area (Å²) in [6, 6.07) is 17.6. The summed E-state index contributed by atoms with van der Waals surface area (Å²) in [5.41, 5.74) is 4.70. The minimum Gasteiger partial charge on any atom is -0.508 e. The highest BCUT2D eigenvalue weighted by atomic mass is 35.5. The van der Waals surface area contributed by atoms with Crippen LogP contribution in [0.3, 0.4) is 0 Å². The molecule has 0 aliphatic carbocycles. The maximum absolute atomic E-state index is 11.3. The van der Waals surface area contributed by atoms with Crippen molar-refractivity contribution in [3.63, 3.8) is 0 Å². The normalized spacial score (nSPS) is 14.0. The fraction of sp³-hybridized carbons (Fsp3) is 0.182. The Bertz CT molecular complexity index is 1070. The average Bonchev–Trinajstić information content (AvgIpc) is 3.07. The van der Waals surface area contributed by atoms with Crippen LogP contribution >= 0.6 is 11.6 Å². The second-order valence-corrected chi connectivity index (χ2v) is 7.41. The minimum atomic E-state index is -0.435. The summed E-state index contributed by atoms with van der Waals surface area (Å²) in [5.74, 6) is 0.0428. The third kappa shape index (κ3) is 3.18. The number of hydrogen-bond acceptors (Lipinski definition) is 4. The number of phenolic OH excluding ortho intramolecular Hbond substituents is 1. The third-order valence-electron chi connectivity index (χ3n) is 5.28. The van der Waals surface area contributed by atoms with Crippen molar-refractivity contribution in [3.8, 4) is 5.75 Å². The molecule has 1 aliphatic heterocycles. The summed E-state index contributed by atoms with van der Waals surface area (Å²) in [5, 5.41) is 22.7. The molecule has 3 aromatic rings. The molecule has 1 aliphatic rings. The summed E-state index contributed by atoms with van der Waals surface area (Å²) in [6.07, 6.45) is 0.827. The van der Waals surface area contributed by atoms with Gasteiger partial charge < -0.3 is 10.0 Å². The first-order valence-corrected chi connectivity index (χ1v) is 9.41. The van der Waals surface area contributed by atoms with E-state index in [2.05, 4.69) is 4.90 Å². The molecule has 0 saturated carbocycles. The monoisotopic (exact) mass is 394 g/mol. The van der Waals surface area contributed by atoms with Crippen LogP contribution in [-0.2, 0) is 6.42 Å². The molecule has 28 heavy (non-hydrogen) atoms. The van der Waals surface area contributed by atoms with Crippen LogP contribution in [0.2, 0.25) is 5.02 Å². The van der Waals surface area contributed by atoms with E-state index in [9.17, 15) is 15.2 Å². The highest BCUT2D eigenvalue weighted by Crippen LogP contribution is 2.43. The lowest BCUT2D eigenvalue weighted by Gasteiger charge is -2.32. The quantitative estimate of drug-likeness (QED) is 0.474. The van der Waals surface area contributed by atoms with Crippen molar-refractivity contribution in [2.45, 2.75) is 19.4 Å². The van der Waals surface area contributed by atoms with Gasteiger partial charge in [0, 0.05) is 35.0 Å². The van der Waals surface area contributed by atoms with Crippen LogP contribution in [-0.4, -0.2) is 16.6 Å². The summed E-state index contributed by atoms with van der Waals surface area (Å²) < 4.78 is 0. The number of nitrogens with zero attached hydrogens (tertiary/aromatic N) is 2. The summed E-state index contributed by atoms with van der Waals surface area (Å²) in [6.45, 7) is 2.74. The molecule has 142 valence electrons. The van der Waals surface area contributed by atoms with Crippen LogP contribution < -0.4 is 4.90 Å². The van der Waals surface area contributed by atoms with Gasteiger partial charge in [0.05, 0.1) is 11.0 Å². The van der Waals surface area contributed by atoms with Gasteiger partial charge in [0.2, 0.25) is 0 Å². The van der Waals surface area contributed by atoms with Crippen molar-refractivity contribution in [1.82, 2.24) is 0 Å². The maximum Gasteiger partial charge on any atom is 0.270 e. The van der Waals surface area contributed by atoms with Gasteiger partial charge in [-0.3, -0.25) is 10.1 Å². The van der Waals surface area contributed by atoms with E-state index in [1.165, 1.54) is 18.2 Å². The number of nitro groups is 1. The fourth-order valence-corrected chi connectivity index (χ4v) is 4.13. The van der Waals surface area contributed by atoms with Crippen LogP contribution in [0.15, 0.2) is 60.7 Å². The van der Waals surface area contributed by atoms with Crippen molar-refractivity contribution < 1.29 is 10.0 Å². The first-order valence-electron chi connectivity index (χ1n) is 9.03. The predicted octanol–water partition coefficient (Wildman–Crippen LogP) is 5.41. The fourth-order valence-electron chi connectivity index (χ4n) is 3.94. The van der Waals surface area contributed by atoms with Crippen LogP contribution in [0.25, 0.3) is 0 Å². The zero-order valence-corrected chi connectivity index (χ0v) is 16.1. The second-order valence-electron chi connectivity index (χ2n) is 6.98. The van der Waals surface area contributed by atoms with Crippen LogP contribution in [0.5, 0.6) is 5.75 Å². The van der Waals surface area contributed by atoms with E-state index in [1.54, 1.807) is 0 Å². The van der Waals surface area contributed by atoms with Crippen LogP contribution in [0, 0.1) is 17.0 Å². The summed E-state index contributed by atoms with van der Waals surface area (Å²) >= 11 is 6.16. The zero-order valence-electron chi connectivity index (χ0n) is 15.3. The number of rotatable bonds is 4. The molecule has 0 saturated heterocycles. The number of halogens is 1. The highest BCUT2D eigenvalue weighted by molar-refractivity contribution is 6.30. The number of phenols is 1. The van der Waals surface area contributed by atoms with Crippen molar-refractivity contribution in [3.05, 3.63) is 98.1 Å². The SMILES string of the molecule is Cc1ccccc1C(c1cc([N+](=O)[O-])ccc1O)N1CCc2cc(Cl)ccc21. The van der Waals surface area contributed by atoms with Gasteiger partial charge in [-0.05, 0) is 54.3 Å².